The molecule has 2 atom stereocenters. The highest BCUT2D eigenvalue weighted by molar-refractivity contribution is 5.70. The first-order chi connectivity index (χ1) is 16.8. The molecule has 1 fully saturated rings. The van der Waals surface area contributed by atoms with Crippen LogP contribution in [0.3, 0.4) is 0 Å². The highest BCUT2D eigenvalue weighted by Gasteiger charge is 2.45. The number of ether oxygens (including phenoxy) is 1. The summed E-state index contributed by atoms with van der Waals surface area (Å²) in [5, 5.41) is 12.0. The third kappa shape index (κ3) is 6.00. The number of carbonyl (C=O) groups excluding carboxylic acids is 1. The van der Waals surface area contributed by atoms with Crippen molar-refractivity contribution >= 4 is 5.97 Å². The molecule has 2 aromatic carbocycles. The number of hydrogen-bond donors (Lipinski definition) is 1. The molecule has 6 heteroatoms. The van der Waals surface area contributed by atoms with E-state index in [9.17, 15) is 9.90 Å². The number of esters is 1. The Balaban J connectivity index is 1.47. The van der Waals surface area contributed by atoms with Gasteiger partial charge in [0.1, 0.15) is 12.6 Å². The van der Waals surface area contributed by atoms with Crippen molar-refractivity contribution in [2.24, 2.45) is 5.92 Å². The maximum Gasteiger partial charge on any atom is 0.362 e. The Morgan fingerprint density at radius 1 is 1.09 bits per heavy atom. The quantitative estimate of drug-likeness (QED) is 0.331. The number of aromatic nitrogens is 1. The summed E-state index contributed by atoms with van der Waals surface area (Å²) in [6, 6.07) is 19.4. The molecular formula is C29H37N2O4+. The van der Waals surface area contributed by atoms with Crippen LogP contribution in [0, 0.1) is 5.92 Å². The van der Waals surface area contributed by atoms with Crippen molar-refractivity contribution in [3.8, 4) is 0 Å². The highest BCUT2D eigenvalue weighted by Crippen LogP contribution is 2.43. The Kier molecular flexibility index (Phi) is 7.72. The van der Waals surface area contributed by atoms with E-state index in [0.717, 1.165) is 36.8 Å². The molecule has 186 valence electrons. The Hall–Kier alpha value is -2.96. The molecule has 0 radical (unpaired) electrons. The van der Waals surface area contributed by atoms with Crippen LogP contribution in [-0.2, 0) is 21.7 Å². The van der Waals surface area contributed by atoms with Crippen molar-refractivity contribution in [2.45, 2.75) is 57.3 Å². The van der Waals surface area contributed by atoms with Crippen LogP contribution in [-0.4, -0.2) is 41.2 Å². The number of rotatable bonds is 9. The zero-order valence-corrected chi connectivity index (χ0v) is 21.0. The fourth-order valence-corrected chi connectivity index (χ4v) is 5.16. The van der Waals surface area contributed by atoms with Gasteiger partial charge in [-0.15, -0.1) is 0 Å². The minimum atomic E-state index is -1.26. The summed E-state index contributed by atoms with van der Waals surface area (Å²) in [4.78, 5) is 17.2. The van der Waals surface area contributed by atoms with Crippen LogP contribution in [0.2, 0.25) is 0 Å². The number of carbonyl (C=O) groups is 1. The first-order valence-electron chi connectivity index (χ1n) is 12.6. The van der Waals surface area contributed by atoms with Crippen molar-refractivity contribution in [3.05, 3.63) is 89.6 Å². The van der Waals surface area contributed by atoms with Gasteiger partial charge in [0, 0.05) is 5.92 Å². The van der Waals surface area contributed by atoms with Crippen molar-refractivity contribution < 1.29 is 23.5 Å². The van der Waals surface area contributed by atoms with Crippen molar-refractivity contribution in [3.63, 3.8) is 0 Å². The predicted molar refractivity (Wildman–Crippen MR) is 134 cm³/mol. The summed E-state index contributed by atoms with van der Waals surface area (Å²) in [6.45, 7) is 2.53. The number of hydrogen-bond acceptors (Lipinski definition) is 5. The number of likely N-dealkylation sites (N-methyl/N-ethyl adjacent to an activating group) is 1. The van der Waals surface area contributed by atoms with E-state index in [1.165, 1.54) is 6.42 Å². The standard InChI is InChI=1S/C29H37N2O4/c1-22(23-13-7-4-8-14-23)34-27(32)21-31(2,3)20-26-19-30-28(35-26)29(33,24-15-9-5-10-16-24)25-17-11-6-12-18-25/h4-5,7-10,13-16,19,22,25,33H,6,11-12,17-18,20-21H2,1-3H3/q+1/t22-,29-/m0/s1. The first kappa shape index (κ1) is 25.1. The van der Waals surface area contributed by atoms with E-state index in [1.54, 1.807) is 6.20 Å². The van der Waals surface area contributed by atoms with Crippen LogP contribution in [0.4, 0.5) is 0 Å². The number of quaternary nitrogens is 1. The van der Waals surface area contributed by atoms with Crippen LogP contribution < -0.4 is 0 Å². The summed E-state index contributed by atoms with van der Waals surface area (Å²) in [7, 11) is 3.92. The molecule has 35 heavy (non-hydrogen) atoms. The molecule has 0 aliphatic heterocycles. The average molecular weight is 478 g/mol. The molecule has 1 aromatic heterocycles. The normalized spacial score (nSPS) is 17.5. The summed E-state index contributed by atoms with van der Waals surface area (Å²) >= 11 is 0. The van der Waals surface area contributed by atoms with Gasteiger partial charge in [0.25, 0.3) is 0 Å². The van der Waals surface area contributed by atoms with Gasteiger partial charge in [-0.1, -0.05) is 79.9 Å². The summed E-state index contributed by atoms with van der Waals surface area (Å²) in [5.74, 6) is 0.765. The van der Waals surface area contributed by atoms with E-state index >= 15 is 0 Å². The molecule has 0 bridgehead atoms. The van der Waals surface area contributed by atoms with Gasteiger partial charge < -0.3 is 18.7 Å². The van der Waals surface area contributed by atoms with E-state index in [2.05, 4.69) is 4.98 Å². The van der Waals surface area contributed by atoms with E-state index in [0.29, 0.717) is 22.7 Å². The minimum Gasteiger partial charge on any atom is -0.454 e. The Morgan fingerprint density at radius 3 is 2.37 bits per heavy atom. The molecule has 1 heterocycles. The number of benzene rings is 2. The summed E-state index contributed by atoms with van der Waals surface area (Å²) in [5.41, 5.74) is 0.516. The molecule has 0 unspecified atom stereocenters. The molecule has 1 N–H and O–H groups in total. The predicted octanol–water partition coefficient (Wildman–Crippen LogP) is 5.37. The van der Waals surface area contributed by atoms with Crippen LogP contribution in [0.25, 0.3) is 0 Å². The van der Waals surface area contributed by atoms with Gasteiger partial charge in [0.15, 0.2) is 17.9 Å². The molecule has 1 saturated carbocycles. The molecule has 1 aliphatic rings. The van der Waals surface area contributed by atoms with Crippen LogP contribution in [0.15, 0.2) is 71.3 Å². The van der Waals surface area contributed by atoms with Crippen molar-refractivity contribution in [1.29, 1.82) is 0 Å². The Bertz CT molecular complexity index is 1090. The van der Waals surface area contributed by atoms with Gasteiger partial charge >= 0.3 is 5.97 Å². The second-order valence-electron chi connectivity index (χ2n) is 10.4. The average Bonchev–Trinajstić information content (AvgIpc) is 3.32. The van der Waals surface area contributed by atoms with Crippen LogP contribution in [0.5, 0.6) is 0 Å². The topological polar surface area (TPSA) is 72.6 Å². The highest BCUT2D eigenvalue weighted by atomic mass is 16.5. The van der Waals surface area contributed by atoms with Crippen molar-refractivity contribution in [1.82, 2.24) is 4.98 Å². The minimum absolute atomic E-state index is 0.0575. The molecular weight excluding hydrogens is 440 g/mol. The van der Waals surface area contributed by atoms with E-state index in [4.69, 9.17) is 9.15 Å². The number of aliphatic hydroxyl groups is 1. The van der Waals surface area contributed by atoms with Gasteiger partial charge in [-0.2, -0.15) is 0 Å². The zero-order valence-electron chi connectivity index (χ0n) is 21.0. The maximum atomic E-state index is 12.7. The van der Waals surface area contributed by atoms with Crippen molar-refractivity contribution in [2.75, 3.05) is 20.6 Å². The van der Waals surface area contributed by atoms with Gasteiger partial charge in [0.2, 0.25) is 5.89 Å². The van der Waals surface area contributed by atoms with E-state index in [1.807, 2.05) is 81.7 Å². The fraction of sp³-hybridized carbons (Fsp3) is 0.448. The molecule has 4 rings (SSSR count). The van der Waals surface area contributed by atoms with Gasteiger partial charge in [-0.25, -0.2) is 9.78 Å². The summed E-state index contributed by atoms with van der Waals surface area (Å²) < 4.78 is 12.2. The van der Waals surface area contributed by atoms with Gasteiger partial charge in [0.05, 0.1) is 20.3 Å². The second-order valence-corrected chi connectivity index (χ2v) is 10.4. The Morgan fingerprint density at radius 2 is 1.71 bits per heavy atom. The molecule has 3 aromatic rings. The number of oxazole rings is 1. The molecule has 0 amide bonds. The lowest BCUT2D eigenvalue weighted by Crippen LogP contribution is -2.43. The number of nitrogens with zero attached hydrogens (tertiary/aromatic N) is 2. The van der Waals surface area contributed by atoms with Crippen LogP contribution in [0.1, 0.15) is 67.9 Å². The van der Waals surface area contributed by atoms with Gasteiger partial charge in [-0.05, 0) is 30.9 Å². The van der Waals surface area contributed by atoms with E-state index in [-0.39, 0.29) is 24.5 Å². The lowest BCUT2D eigenvalue weighted by Gasteiger charge is -2.36. The lowest BCUT2D eigenvalue weighted by molar-refractivity contribution is -0.897. The third-order valence-electron chi connectivity index (χ3n) is 7.01. The third-order valence-corrected chi connectivity index (χ3v) is 7.01. The summed E-state index contributed by atoms with van der Waals surface area (Å²) in [6.07, 6.45) is 6.65. The smallest absolute Gasteiger partial charge is 0.362 e. The van der Waals surface area contributed by atoms with E-state index < -0.39 is 5.60 Å². The van der Waals surface area contributed by atoms with Gasteiger partial charge in [-0.3, -0.25) is 0 Å². The molecule has 0 saturated heterocycles. The molecule has 0 spiro atoms. The lowest BCUT2D eigenvalue weighted by atomic mass is 9.73. The zero-order chi connectivity index (χ0) is 24.9. The van der Waals surface area contributed by atoms with Crippen LogP contribution >= 0.6 is 0 Å². The Labute approximate surface area is 208 Å². The fourth-order valence-electron chi connectivity index (χ4n) is 5.16. The molecule has 1 aliphatic carbocycles. The first-order valence-corrected chi connectivity index (χ1v) is 12.6. The molecule has 6 nitrogen and oxygen atoms in total. The SMILES string of the molecule is C[C@H](OC(=O)C[N+](C)(C)Cc1cnc([C@](O)(c2ccccc2)C2CCCCC2)o1)c1ccccc1. The monoisotopic (exact) mass is 477 g/mol. The second kappa shape index (κ2) is 10.8. The largest absolute Gasteiger partial charge is 0.454 e. The maximum absolute atomic E-state index is 12.7.